The van der Waals surface area contributed by atoms with Crippen LogP contribution in [0.1, 0.15) is 44.9 Å². The SMILES string of the molecule is Clc1ncc(NC2CCCCC2C2CCCCN2)cc1Br. The Kier molecular flexibility index (Phi) is 5.41. The molecule has 1 aliphatic carbocycles. The van der Waals surface area contributed by atoms with Crippen LogP contribution in [0.25, 0.3) is 0 Å². The summed E-state index contributed by atoms with van der Waals surface area (Å²) in [7, 11) is 0. The molecule has 0 aromatic carbocycles. The van der Waals surface area contributed by atoms with Crippen LogP contribution in [0, 0.1) is 5.92 Å². The maximum Gasteiger partial charge on any atom is 0.143 e. The first-order valence-corrected chi connectivity index (χ1v) is 9.22. The van der Waals surface area contributed by atoms with Crippen molar-refractivity contribution < 1.29 is 0 Å². The van der Waals surface area contributed by atoms with E-state index in [9.17, 15) is 0 Å². The number of aromatic nitrogens is 1. The van der Waals surface area contributed by atoms with Gasteiger partial charge in [0.15, 0.2) is 0 Å². The Morgan fingerprint density at radius 2 is 2.00 bits per heavy atom. The lowest BCUT2D eigenvalue weighted by atomic mass is 9.77. The summed E-state index contributed by atoms with van der Waals surface area (Å²) in [5, 5.41) is 7.97. The predicted octanol–water partition coefficient (Wildman–Crippen LogP) is 4.61. The summed E-state index contributed by atoms with van der Waals surface area (Å²) >= 11 is 9.43. The summed E-state index contributed by atoms with van der Waals surface area (Å²) in [6, 6.07) is 3.26. The molecule has 1 aliphatic heterocycles. The molecule has 2 aliphatic rings. The lowest BCUT2D eigenvalue weighted by Crippen LogP contribution is -2.48. The molecule has 2 heterocycles. The summed E-state index contributed by atoms with van der Waals surface area (Å²) < 4.78 is 0.859. The highest BCUT2D eigenvalue weighted by atomic mass is 79.9. The van der Waals surface area contributed by atoms with Gasteiger partial charge in [-0.2, -0.15) is 0 Å². The van der Waals surface area contributed by atoms with Crippen LogP contribution < -0.4 is 10.6 Å². The molecule has 3 rings (SSSR count). The van der Waals surface area contributed by atoms with Gasteiger partial charge in [0, 0.05) is 12.1 Å². The molecule has 1 aromatic heterocycles. The van der Waals surface area contributed by atoms with Gasteiger partial charge in [-0.05, 0) is 60.1 Å². The number of nitrogens with zero attached hydrogens (tertiary/aromatic N) is 1. The second-order valence-electron chi connectivity index (χ2n) is 6.25. The van der Waals surface area contributed by atoms with E-state index in [0.29, 0.717) is 17.2 Å². The Morgan fingerprint density at radius 3 is 2.76 bits per heavy atom. The van der Waals surface area contributed by atoms with Gasteiger partial charge in [-0.15, -0.1) is 0 Å². The van der Waals surface area contributed by atoms with Gasteiger partial charge in [0.1, 0.15) is 5.15 Å². The predicted molar refractivity (Wildman–Crippen MR) is 92.0 cm³/mol. The number of hydrogen-bond acceptors (Lipinski definition) is 3. The number of rotatable bonds is 3. The molecule has 1 aromatic rings. The average Bonchev–Trinajstić information content (AvgIpc) is 2.52. The topological polar surface area (TPSA) is 37.0 Å². The first-order chi connectivity index (χ1) is 10.2. The monoisotopic (exact) mass is 371 g/mol. The van der Waals surface area contributed by atoms with Gasteiger partial charge >= 0.3 is 0 Å². The summed E-state index contributed by atoms with van der Waals surface area (Å²) in [5.74, 6) is 0.730. The van der Waals surface area contributed by atoms with Gasteiger partial charge in [0.2, 0.25) is 0 Å². The highest BCUT2D eigenvalue weighted by Gasteiger charge is 2.32. The number of piperidine rings is 1. The molecule has 0 bridgehead atoms. The highest BCUT2D eigenvalue weighted by Crippen LogP contribution is 2.33. The number of hydrogen-bond donors (Lipinski definition) is 2. The normalized spacial score (nSPS) is 30.1. The van der Waals surface area contributed by atoms with Crippen LogP contribution in [0.15, 0.2) is 16.7 Å². The minimum Gasteiger partial charge on any atom is -0.381 e. The molecule has 0 radical (unpaired) electrons. The largest absolute Gasteiger partial charge is 0.381 e. The van der Waals surface area contributed by atoms with E-state index in [1.54, 1.807) is 0 Å². The van der Waals surface area contributed by atoms with Crippen molar-refractivity contribution in [2.24, 2.45) is 5.92 Å². The second-order valence-corrected chi connectivity index (χ2v) is 7.46. The lowest BCUT2D eigenvalue weighted by molar-refractivity contribution is 0.217. The van der Waals surface area contributed by atoms with Crippen LogP contribution in [0.5, 0.6) is 0 Å². The fourth-order valence-corrected chi connectivity index (χ4v) is 4.23. The van der Waals surface area contributed by atoms with Crippen molar-refractivity contribution in [2.75, 3.05) is 11.9 Å². The maximum absolute atomic E-state index is 5.98. The van der Waals surface area contributed by atoms with E-state index in [4.69, 9.17) is 11.6 Å². The molecular formula is C16H23BrClN3. The van der Waals surface area contributed by atoms with Crippen molar-refractivity contribution in [2.45, 2.75) is 57.0 Å². The molecule has 3 nitrogen and oxygen atoms in total. The van der Waals surface area contributed by atoms with E-state index in [2.05, 4.69) is 31.5 Å². The molecule has 2 N–H and O–H groups in total. The van der Waals surface area contributed by atoms with E-state index in [-0.39, 0.29) is 0 Å². The third-order valence-corrected chi connectivity index (χ3v) is 5.97. The number of anilines is 1. The van der Waals surface area contributed by atoms with Crippen molar-refractivity contribution >= 4 is 33.2 Å². The average molecular weight is 373 g/mol. The molecule has 2 fully saturated rings. The summed E-state index contributed by atoms with van der Waals surface area (Å²) in [6.07, 6.45) is 11.1. The molecule has 116 valence electrons. The molecule has 3 unspecified atom stereocenters. The Hall–Kier alpha value is -0.320. The molecule has 0 spiro atoms. The van der Waals surface area contributed by atoms with E-state index < -0.39 is 0 Å². The smallest absolute Gasteiger partial charge is 0.143 e. The van der Waals surface area contributed by atoms with E-state index >= 15 is 0 Å². The van der Waals surface area contributed by atoms with Gasteiger partial charge in [-0.1, -0.05) is 30.9 Å². The molecule has 3 atom stereocenters. The summed E-state index contributed by atoms with van der Waals surface area (Å²) in [5.41, 5.74) is 1.07. The van der Waals surface area contributed by atoms with Crippen molar-refractivity contribution in [3.05, 3.63) is 21.9 Å². The summed E-state index contributed by atoms with van der Waals surface area (Å²) in [6.45, 7) is 1.18. The van der Waals surface area contributed by atoms with E-state index in [1.165, 1.54) is 51.5 Å². The molecule has 1 saturated carbocycles. The van der Waals surface area contributed by atoms with Crippen LogP contribution in [-0.4, -0.2) is 23.6 Å². The molecule has 21 heavy (non-hydrogen) atoms. The Labute approximate surface area is 140 Å². The third kappa shape index (κ3) is 3.91. The fourth-order valence-electron chi connectivity index (χ4n) is 3.78. The van der Waals surface area contributed by atoms with Crippen LogP contribution in [0.2, 0.25) is 5.15 Å². The van der Waals surface area contributed by atoms with Gasteiger partial charge in [0.05, 0.1) is 16.4 Å². The first-order valence-electron chi connectivity index (χ1n) is 8.05. The van der Waals surface area contributed by atoms with Gasteiger partial charge in [0.25, 0.3) is 0 Å². The Morgan fingerprint density at radius 1 is 1.19 bits per heavy atom. The van der Waals surface area contributed by atoms with E-state index in [1.807, 2.05) is 12.3 Å². The van der Waals surface area contributed by atoms with Gasteiger partial charge in [-0.25, -0.2) is 4.98 Å². The summed E-state index contributed by atoms with van der Waals surface area (Å²) in [4.78, 5) is 4.22. The standard InChI is InChI=1S/C16H23BrClN3/c17-13-9-11(10-20-16(13)18)21-15-7-2-1-5-12(15)14-6-3-4-8-19-14/h9-10,12,14-15,19,21H,1-8H2. The molecule has 5 heteroatoms. The first kappa shape index (κ1) is 15.6. The highest BCUT2D eigenvalue weighted by molar-refractivity contribution is 9.10. The minimum absolute atomic E-state index is 0.523. The number of pyridine rings is 1. The number of nitrogens with one attached hydrogen (secondary N) is 2. The minimum atomic E-state index is 0.523. The molecular weight excluding hydrogens is 350 g/mol. The second kappa shape index (κ2) is 7.30. The van der Waals surface area contributed by atoms with E-state index in [0.717, 1.165) is 16.1 Å². The van der Waals surface area contributed by atoms with Crippen molar-refractivity contribution in [1.82, 2.24) is 10.3 Å². The Balaban J connectivity index is 1.69. The zero-order valence-electron chi connectivity index (χ0n) is 12.2. The quantitative estimate of drug-likeness (QED) is 0.761. The van der Waals surface area contributed by atoms with Crippen molar-refractivity contribution in [1.29, 1.82) is 0 Å². The zero-order valence-corrected chi connectivity index (χ0v) is 14.6. The zero-order chi connectivity index (χ0) is 14.7. The van der Waals surface area contributed by atoms with Gasteiger partial charge < -0.3 is 10.6 Å². The molecule has 0 amide bonds. The van der Waals surface area contributed by atoms with Crippen LogP contribution in [0.3, 0.4) is 0 Å². The Bertz CT molecular complexity index is 477. The van der Waals surface area contributed by atoms with Crippen molar-refractivity contribution in [3.63, 3.8) is 0 Å². The van der Waals surface area contributed by atoms with Crippen LogP contribution >= 0.6 is 27.5 Å². The fraction of sp³-hybridized carbons (Fsp3) is 0.688. The van der Waals surface area contributed by atoms with Crippen LogP contribution in [0.4, 0.5) is 5.69 Å². The van der Waals surface area contributed by atoms with Gasteiger partial charge in [-0.3, -0.25) is 0 Å². The van der Waals surface area contributed by atoms with Crippen molar-refractivity contribution in [3.8, 4) is 0 Å². The lowest BCUT2D eigenvalue weighted by Gasteiger charge is -2.40. The maximum atomic E-state index is 5.98. The molecule has 1 saturated heterocycles. The third-order valence-electron chi connectivity index (χ3n) is 4.83. The number of halogens is 2. The van der Waals surface area contributed by atoms with Crippen LogP contribution in [-0.2, 0) is 0 Å².